The third-order valence-electron chi connectivity index (χ3n) is 2.42. The van der Waals surface area contributed by atoms with Gasteiger partial charge >= 0.3 is 0 Å². The molecule has 2 aromatic rings. The molecule has 0 spiro atoms. The van der Waals surface area contributed by atoms with Crippen LogP contribution in [0.5, 0.6) is 5.88 Å². The van der Waals surface area contributed by atoms with Crippen molar-refractivity contribution in [3.63, 3.8) is 0 Å². The average molecular weight is 251 g/mol. The SMILES string of the molecule is Cc1ccc(-c2c(O)nc(CCl)[nH]c2=O)cc1. The van der Waals surface area contributed by atoms with E-state index >= 15 is 0 Å². The molecule has 1 aromatic carbocycles. The molecule has 88 valence electrons. The Morgan fingerprint density at radius 2 is 2.00 bits per heavy atom. The van der Waals surface area contributed by atoms with Gasteiger partial charge < -0.3 is 10.1 Å². The molecule has 0 atom stereocenters. The molecule has 0 saturated carbocycles. The molecular formula is C12H11ClN2O2. The largest absolute Gasteiger partial charge is 0.493 e. The first kappa shape index (κ1) is 11.7. The van der Waals surface area contributed by atoms with Gasteiger partial charge in [-0.15, -0.1) is 11.6 Å². The van der Waals surface area contributed by atoms with Gasteiger partial charge in [-0.25, -0.2) is 0 Å². The molecule has 1 heterocycles. The van der Waals surface area contributed by atoms with E-state index in [0.717, 1.165) is 5.56 Å². The summed E-state index contributed by atoms with van der Waals surface area (Å²) in [5, 5.41) is 9.74. The second-order valence-corrected chi connectivity index (χ2v) is 3.98. The quantitative estimate of drug-likeness (QED) is 0.803. The van der Waals surface area contributed by atoms with Crippen LogP contribution in [0, 0.1) is 6.92 Å². The zero-order chi connectivity index (χ0) is 12.4. The van der Waals surface area contributed by atoms with Crippen molar-refractivity contribution in [3.05, 3.63) is 46.0 Å². The van der Waals surface area contributed by atoms with E-state index in [2.05, 4.69) is 9.97 Å². The van der Waals surface area contributed by atoms with Crippen LogP contribution < -0.4 is 5.56 Å². The van der Waals surface area contributed by atoms with E-state index < -0.39 is 5.56 Å². The summed E-state index contributed by atoms with van der Waals surface area (Å²) in [5.74, 6) is 0.00930. The molecule has 0 aliphatic carbocycles. The number of benzene rings is 1. The van der Waals surface area contributed by atoms with E-state index in [9.17, 15) is 9.90 Å². The number of rotatable bonds is 2. The molecule has 4 nitrogen and oxygen atoms in total. The minimum Gasteiger partial charge on any atom is -0.493 e. The molecule has 0 bridgehead atoms. The number of hydrogen-bond acceptors (Lipinski definition) is 3. The van der Waals surface area contributed by atoms with Crippen molar-refractivity contribution in [2.24, 2.45) is 0 Å². The van der Waals surface area contributed by atoms with E-state index in [0.29, 0.717) is 5.56 Å². The number of nitrogens with zero attached hydrogens (tertiary/aromatic N) is 1. The molecular weight excluding hydrogens is 240 g/mol. The summed E-state index contributed by atoms with van der Waals surface area (Å²) in [7, 11) is 0. The summed E-state index contributed by atoms with van der Waals surface area (Å²) in [4.78, 5) is 18.1. The average Bonchev–Trinajstić information content (AvgIpc) is 2.30. The minimum absolute atomic E-state index is 0.0526. The number of halogens is 1. The van der Waals surface area contributed by atoms with Crippen LogP contribution in [0.25, 0.3) is 11.1 Å². The normalized spacial score (nSPS) is 10.5. The monoisotopic (exact) mass is 250 g/mol. The van der Waals surface area contributed by atoms with Gasteiger partial charge in [-0.1, -0.05) is 29.8 Å². The predicted octanol–water partition coefficient (Wildman–Crippen LogP) is 2.19. The number of H-pyrrole nitrogens is 1. The maximum atomic E-state index is 11.8. The van der Waals surface area contributed by atoms with Gasteiger partial charge in [-0.2, -0.15) is 4.98 Å². The van der Waals surface area contributed by atoms with Gasteiger partial charge in [0.2, 0.25) is 5.88 Å². The molecule has 2 N–H and O–H groups in total. The lowest BCUT2D eigenvalue weighted by atomic mass is 10.1. The van der Waals surface area contributed by atoms with Crippen molar-refractivity contribution in [1.82, 2.24) is 9.97 Å². The van der Waals surface area contributed by atoms with Crippen LogP contribution in [0.2, 0.25) is 0 Å². The number of hydrogen-bond donors (Lipinski definition) is 2. The Kier molecular flexibility index (Phi) is 3.15. The first-order valence-electron chi connectivity index (χ1n) is 5.07. The van der Waals surface area contributed by atoms with Crippen molar-refractivity contribution < 1.29 is 5.11 Å². The Morgan fingerprint density at radius 1 is 1.35 bits per heavy atom. The Balaban J connectivity index is 2.60. The lowest BCUT2D eigenvalue weighted by molar-refractivity contribution is 0.451. The molecule has 0 unspecified atom stereocenters. The molecule has 0 amide bonds. The number of aromatic nitrogens is 2. The number of alkyl halides is 1. The predicted molar refractivity (Wildman–Crippen MR) is 66.3 cm³/mol. The third kappa shape index (κ3) is 2.31. The first-order valence-corrected chi connectivity index (χ1v) is 5.60. The number of aryl methyl sites for hydroxylation is 1. The number of aromatic hydroxyl groups is 1. The Hall–Kier alpha value is -1.81. The summed E-state index contributed by atoms with van der Waals surface area (Å²) in [5.41, 5.74) is 1.48. The molecule has 0 fully saturated rings. The van der Waals surface area contributed by atoms with Gasteiger partial charge in [0.25, 0.3) is 5.56 Å². The maximum Gasteiger partial charge on any atom is 0.262 e. The van der Waals surface area contributed by atoms with E-state index in [-0.39, 0.29) is 23.1 Å². The summed E-state index contributed by atoms with van der Waals surface area (Å²) in [6.07, 6.45) is 0. The Labute approximate surface area is 103 Å². The maximum absolute atomic E-state index is 11.8. The van der Waals surface area contributed by atoms with E-state index in [1.165, 1.54) is 0 Å². The van der Waals surface area contributed by atoms with Crippen molar-refractivity contribution in [2.45, 2.75) is 12.8 Å². The molecule has 1 aromatic heterocycles. The Morgan fingerprint density at radius 3 is 2.53 bits per heavy atom. The molecule has 2 rings (SSSR count). The molecule has 0 saturated heterocycles. The van der Waals surface area contributed by atoms with Gasteiger partial charge in [0.15, 0.2) is 0 Å². The lowest BCUT2D eigenvalue weighted by Gasteiger charge is -2.04. The van der Waals surface area contributed by atoms with Crippen LogP contribution in [0.4, 0.5) is 0 Å². The van der Waals surface area contributed by atoms with Crippen molar-refractivity contribution >= 4 is 11.6 Å². The first-order chi connectivity index (χ1) is 8.11. The van der Waals surface area contributed by atoms with E-state index in [4.69, 9.17) is 11.6 Å². The summed E-state index contributed by atoms with van der Waals surface area (Å²) >= 11 is 5.55. The van der Waals surface area contributed by atoms with Gasteiger partial charge in [0.1, 0.15) is 11.4 Å². The summed E-state index contributed by atoms with van der Waals surface area (Å²) < 4.78 is 0. The molecule has 0 aliphatic rings. The summed E-state index contributed by atoms with van der Waals surface area (Å²) in [6, 6.07) is 7.26. The van der Waals surface area contributed by atoms with Gasteiger partial charge in [-0.3, -0.25) is 4.79 Å². The molecule has 0 radical (unpaired) electrons. The topological polar surface area (TPSA) is 66.0 Å². The van der Waals surface area contributed by atoms with Crippen molar-refractivity contribution in [2.75, 3.05) is 0 Å². The molecule has 5 heteroatoms. The summed E-state index contributed by atoms with van der Waals surface area (Å²) in [6.45, 7) is 1.95. The highest BCUT2D eigenvalue weighted by Gasteiger charge is 2.12. The van der Waals surface area contributed by atoms with Crippen molar-refractivity contribution in [1.29, 1.82) is 0 Å². The Bertz CT molecular complexity index is 590. The number of aromatic amines is 1. The fourth-order valence-corrected chi connectivity index (χ4v) is 1.68. The standard InChI is InChI=1S/C12H11ClN2O2/c1-7-2-4-8(5-3-7)10-11(16)14-9(6-13)15-12(10)17/h2-5H,6H2,1H3,(H2,14,15,16,17). The van der Waals surface area contributed by atoms with E-state index in [1.54, 1.807) is 12.1 Å². The van der Waals surface area contributed by atoms with Crippen LogP contribution >= 0.6 is 11.6 Å². The van der Waals surface area contributed by atoms with Crippen LogP contribution in [-0.4, -0.2) is 15.1 Å². The molecule has 0 aliphatic heterocycles. The second-order valence-electron chi connectivity index (χ2n) is 3.71. The van der Waals surface area contributed by atoms with Gasteiger partial charge in [0, 0.05) is 0 Å². The van der Waals surface area contributed by atoms with E-state index in [1.807, 2.05) is 19.1 Å². The second kappa shape index (κ2) is 4.59. The minimum atomic E-state index is -0.392. The van der Waals surface area contributed by atoms with Crippen LogP contribution in [0.3, 0.4) is 0 Å². The third-order valence-corrected chi connectivity index (χ3v) is 2.67. The van der Waals surface area contributed by atoms with Crippen LogP contribution in [-0.2, 0) is 5.88 Å². The van der Waals surface area contributed by atoms with Crippen LogP contribution in [0.15, 0.2) is 29.1 Å². The highest BCUT2D eigenvalue weighted by atomic mass is 35.5. The number of nitrogens with one attached hydrogen (secondary N) is 1. The highest BCUT2D eigenvalue weighted by molar-refractivity contribution is 6.16. The fourth-order valence-electron chi connectivity index (χ4n) is 1.55. The fraction of sp³-hybridized carbons (Fsp3) is 0.167. The lowest BCUT2D eigenvalue weighted by Crippen LogP contribution is -2.13. The molecule has 17 heavy (non-hydrogen) atoms. The zero-order valence-electron chi connectivity index (χ0n) is 9.20. The highest BCUT2D eigenvalue weighted by Crippen LogP contribution is 2.23. The zero-order valence-corrected chi connectivity index (χ0v) is 9.95. The smallest absolute Gasteiger partial charge is 0.262 e. The van der Waals surface area contributed by atoms with Crippen LogP contribution in [0.1, 0.15) is 11.4 Å². The van der Waals surface area contributed by atoms with Crippen molar-refractivity contribution in [3.8, 4) is 17.0 Å². The van der Waals surface area contributed by atoms with Gasteiger partial charge in [-0.05, 0) is 12.5 Å². The van der Waals surface area contributed by atoms with Gasteiger partial charge in [0.05, 0.1) is 5.88 Å².